The Hall–Kier alpha value is -1.62. The molecule has 0 radical (unpaired) electrons. The number of nitrogens with zero attached hydrogens (tertiary/aromatic N) is 1. The van der Waals surface area contributed by atoms with E-state index < -0.39 is 0 Å². The van der Waals surface area contributed by atoms with Gasteiger partial charge in [0, 0.05) is 13.1 Å². The van der Waals surface area contributed by atoms with E-state index in [4.69, 9.17) is 0 Å². The number of rotatable bonds is 5. The Bertz CT molecular complexity index is 481. The van der Waals surface area contributed by atoms with Crippen LogP contribution in [0.3, 0.4) is 0 Å². The summed E-state index contributed by atoms with van der Waals surface area (Å²) in [5.41, 5.74) is 0.937. The van der Waals surface area contributed by atoms with Crippen LogP contribution in [0.2, 0.25) is 0 Å². The lowest BCUT2D eigenvalue weighted by Gasteiger charge is -2.25. The minimum atomic E-state index is -0.228. The van der Waals surface area contributed by atoms with Crippen LogP contribution in [0.5, 0.6) is 0 Å². The number of amides is 2. The van der Waals surface area contributed by atoms with Gasteiger partial charge < -0.3 is 15.3 Å². The first-order valence-corrected chi connectivity index (χ1v) is 7.51. The second kappa shape index (κ2) is 7.41. The highest BCUT2D eigenvalue weighted by Gasteiger charge is 2.33. The fourth-order valence-electron chi connectivity index (χ4n) is 2.82. The first-order chi connectivity index (χ1) is 10.1. The molecule has 0 aromatic heterocycles. The zero-order chi connectivity index (χ0) is 15.2. The Kier molecular flexibility index (Phi) is 5.56. The van der Waals surface area contributed by atoms with Gasteiger partial charge in [-0.2, -0.15) is 0 Å². The van der Waals surface area contributed by atoms with Crippen molar-refractivity contribution >= 4 is 6.03 Å². The van der Waals surface area contributed by atoms with Gasteiger partial charge in [0.1, 0.15) is 5.82 Å². The molecular weight excluding hydrogens is 271 g/mol. The Labute approximate surface area is 125 Å². The minimum absolute atomic E-state index is 0.0118. The van der Waals surface area contributed by atoms with E-state index in [2.05, 4.69) is 12.2 Å². The largest absolute Gasteiger partial charge is 0.394 e. The Morgan fingerprint density at radius 1 is 1.52 bits per heavy atom. The summed E-state index contributed by atoms with van der Waals surface area (Å²) in [7, 11) is 0. The molecule has 2 amide bonds. The summed E-state index contributed by atoms with van der Waals surface area (Å²) in [4.78, 5) is 13.8. The van der Waals surface area contributed by atoms with Crippen molar-refractivity contribution in [2.75, 3.05) is 19.7 Å². The van der Waals surface area contributed by atoms with E-state index in [1.54, 1.807) is 11.0 Å². The standard InChI is InChI=1S/C16H23FN2O2/c1-12-7-9-19(15(12)11-20)16(21)18-8-3-5-13-4-2-6-14(17)10-13/h2,4,6,10,12,15,20H,3,5,7-9,11H2,1H3,(H,18,21)/t12-,15-/m0/s1. The molecule has 0 unspecified atom stereocenters. The summed E-state index contributed by atoms with van der Waals surface area (Å²) < 4.78 is 13.0. The molecule has 2 N–H and O–H groups in total. The number of nitrogens with one attached hydrogen (secondary N) is 1. The maximum Gasteiger partial charge on any atom is 0.317 e. The molecule has 0 aliphatic carbocycles. The Morgan fingerprint density at radius 2 is 2.33 bits per heavy atom. The third-order valence-corrected chi connectivity index (χ3v) is 4.14. The minimum Gasteiger partial charge on any atom is -0.394 e. The Morgan fingerprint density at radius 3 is 3.05 bits per heavy atom. The smallest absolute Gasteiger partial charge is 0.317 e. The third-order valence-electron chi connectivity index (χ3n) is 4.14. The summed E-state index contributed by atoms with van der Waals surface area (Å²) in [6.07, 6.45) is 2.43. The number of aryl methyl sites for hydroxylation is 1. The number of carbonyl (C=O) groups excluding carboxylic acids is 1. The first-order valence-electron chi connectivity index (χ1n) is 7.51. The number of aliphatic hydroxyl groups excluding tert-OH is 1. The zero-order valence-electron chi connectivity index (χ0n) is 12.4. The van der Waals surface area contributed by atoms with Gasteiger partial charge in [-0.05, 0) is 42.9 Å². The lowest BCUT2D eigenvalue weighted by Crippen LogP contribution is -2.45. The van der Waals surface area contributed by atoms with Crippen LogP contribution in [0.25, 0.3) is 0 Å². The molecule has 1 aliphatic heterocycles. The molecule has 1 fully saturated rings. The molecular formula is C16H23FN2O2. The average Bonchev–Trinajstić information content (AvgIpc) is 2.84. The highest BCUT2D eigenvalue weighted by molar-refractivity contribution is 5.74. The van der Waals surface area contributed by atoms with Crippen molar-refractivity contribution in [2.45, 2.75) is 32.2 Å². The van der Waals surface area contributed by atoms with Crippen molar-refractivity contribution in [3.63, 3.8) is 0 Å². The van der Waals surface area contributed by atoms with Crippen LogP contribution in [-0.2, 0) is 6.42 Å². The second-order valence-corrected chi connectivity index (χ2v) is 5.67. The second-order valence-electron chi connectivity index (χ2n) is 5.67. The van der Waals surface area contributed by atoms with E-state index >= 15 is 0 Å². The first kappa shape index (κ1) is 15.8. The van der Waals surface area contributed by atoms with Crippen LogP contribution in [-0.4, -0.2) is 41.8 Å². The van der Waals surface area contributed by atoms with Crippen LogP contribution in [0, 0.1) is 11.7 Å². The van der Waals surface area contributed by atoms with Crippen LogP contribution >= 0.6 is 0 Å². The van der Waals surface area contributed by atoms with Crippen LogP contribution in [0.1, 0.15) is 25.3 Å². The lowest BCUT2D eigenvalue weighted by atomic mass is 10.0. The summed E-state index contributed by atoms with van der Waals surface area (Å²) in [6, 6.07) is 6.33. The monoisotopic (exact) mass is 294 g/mol. The van der Waals surface area contributed by atoms with Crippen molar-refractivity contribution in [1.29, 1.82) is 0 Å². The molecule has 0 spiro atoms. The molecule has 1 aromatic carbocycles. The van der Waals surface area contributed by atoms with Gasteiger partial charge in [0.05, 0.1) is 12.6 Å². The van der Waals surface area contributed by atoms with Crippen molar-refractivity contribution < 1.29 is 14.3 Å². The highest BCUT2D eigenvalue weighted by atomic mass is 19.1. The number of aliphatic hydroxyl groups is 1. The summed E-state index contributed by atoms with van der Waals surface area (Å²) in [5.74, 6) is 0.112. The molecule has 4 nitrogen and oxygen atoms in total. The number of hydrogen-bond acceptors (Lipinski definition) is 2. The number of likely N-dealkylation sites (tertiary alicyclic amines) is 1. The fraction of sp³-hybridized carbons (Fsp3) is 0.562. The van der Waals surface area contributed by atoms with Gasteiger partial charge in [0.15, 0.2) is 0 Å². The topological polar surface area (TPSA) is 52.6 Å². The highest BCUT2D eigenvalue weighted by Crippen LogP contribution is 2.23. The van der Waals surface area contributed by atoms with Crippen LogP contribution in [0.4, 0.5) is 9.18 Å². The molecule has 2 rings (SSSR count). The van der Waals surface area contributed by atoms with Gasteiger partial charge in [-0.15, -0.1) is 0 Å². The molecule has 21 heavy (non-hydrogen) atoms. The maximum atomic E-state index is 13.0. The molecule has 116 valence electrons. The van der Waals surface area contributed by atoms with E-state index in [0.29, 0.717) is 19.0 Å². The average molecular weight is 294 g/mol. The zero-order valence-corrected chi connectivity index (χ0v) is 12.4. The van der Waals surface area contributed by atoms with Gasteiger partial charge in [0.25, 0.3) is 0 Å². The van der Waals surface area contributed by atoms with Gasteiger partial charge in [-0.25, -0.2) is 9.18 Å². The number of urea groups is 1. The normalized spacial score (nSPS) is 21.6. The van der Waals surface area contributed by atoms with Crippen molar-refractivity contribution in [3.05, 3.63) is 35.6 Å². The van der Waals surface area contributed by atoms with E-state index in [0.717, 1.165) is 24.8 Å². The lowest BCUT2D eigenvalue weighted by molar-refractivity contribution is 0.144. The summed E-state index contributed by atoms with van der Waals surface area (Å²) in [5, 5.41) is 12.2. The van der Waals surface area contributed by atoms with E-state index in [1.165, 1.54) is 12.1 Å². The molecule has 1 aliphatic rings. The molecule has 0 bridgehead atoms. The van der Waals surface area contributed by atoms with Crippen LogP contribution in [0.15, 0.2) is 24.3 Å². The molecule has 5 heteroatoms. The molecule has 0 saturated carbocycles. The predicted octanol–water partition coefficient (Wildman–Crippen LogP) is 2.17. The van der Waals surface area contributed by atoms with E-state index in [9.17, 15) is 14.3 Å². The van der Waals surface area contributed by atoms with E-state index in [-0.39, 0.29) is 24.5 Å². The predicted molar refractivity (Wildman–Crippen MR) is 79.5 cm³/mol. The maximum absolute atomic E-state index is 13.0. The van der Waals surface area contributed by atoms with Crippen LogP contribution < -0.4 is 5.32 Å². The van der Waals surface area contributed by atoms with Crippen molar-refractivity contribution in [1.82, 2.24) is 10.2 Å². The third kappa shape index (κ3) is 4.17. The quantitative estimate of drug-likeness (QED) is 0.818. The number of benzene rings is 1. The number of halogens is 1. The van der Waals surface area contributed by atoms with Gasteiger partial charge in [-0.1, -0.05) is 19.1 Å². The number of hydrogen-bond donors (Lipinski definition) is 2. The summed E-state index contributed by atoms with van der Waals surface area (Å²) >= 11 is 0. The van der Waals surface area contributed by atoms with Crippen molar-refractivity contribution in [3.8, 4) is 0 Å². The van der Waals surface area contributed by atoms with Crippen molar-refractivity contribution in [2.24, 2.45) is 5.92 Å². The molecule has 1 saturated heterocycles. The SMILES string of the molecule is C[C@H]1CCN(C(=O)NCCCc2cccc(F)c2)[C@H]1CO. The van der Waals surface area contributed by atoms with Gasteiger partial charge in [-0.3, -0.25) is 0 Å². The van der Waals surface area contributed by atoms with Gasteiger partial charge >= 0.3 is 6.03 Å². The molecule has 1 aromatic rings. The fourth-order valence-corrected chi connectivity index (χ4v) is 2.82. The molecule has 2 atom stereocenters. The van der Waals surface area contributed by atoms with E-state index in [1.807, 2.05) is 6.07 Å². The summed E-state index contributed by atoms with van der Waals surface area (Å²) in [6.45, 7) is 3.32. The molecule has 1 heterocycles. The number of carbonyl (C=O) groups is 1. The Balaban J connectivity index is 1.72. The van der Waals surface area contributed by atoms with Gasteiger partial charge in [0.2, 0.25) is 0 Å².